The quantitative estimate of drug-likeness (QED) is 0.0140. The Morgan fingerprint density at radius 1 is 0.305 bits per heavy atom. The molecule has 0 aliphatic heterocycles. The first-order chi connectivity index (χ1) is 67.8. The number of methoxy groups -OCH3 is 2. The Bertz CT molecular complexity index is 6320. The summed E-state index contributed by atoms with van der Waals surface area (Å²) in [5, 5.41) is 62.4. The topological polar surface area (TPSA) is 460 Å². The number of hydrogen-bond donors (Lipinski definition) is 7. The SMILES string of the molecule is CC(C)(Cc1ncc(C(=O)CO)cn1)c1ccccc1.COc1cc(F)ccc1CCc1ncc(C(=O)CO)cn1.COc1ccccc1CCc1ncc(C(=O)CO)cn1.Cc1ccc(CCc2ncc(C(=O)CO)cn2)cc1.Cc1cccc(CCc2ncc(C(=O)CO)cn2)c1.O=C(CO)c1cnc(CCc2c(Cl)cccc2Cl)nc1.O=C(CO)c1cnc(CCc2ccccc2C(F)(F)F)nc1. The fraction of sp³-hybridized carbons (Fsp3) is 0.267. The Morgan fingerprint density at radius 2 is 0.617 bits per heavy atom. The number of aromatic nitrogens is 14. The summed E-state index contributed by atoms with van der Waals surface area (Å²) in [6, 6.07) is 49.8. The lowest BCUT2D eigenvalue weighted by molar-refractivity contribution is -0.138. The van der Waals surface area contributed by atoms with E-state index in [9.17, 15) is 51.1 Å². The van der Waals surface area contributed by atoms with Gasteiger partial charge in [-0.05, 0) is 127 Å². The van der Waals surface area contributed by atoms with Crippen LogP contribution in [-0.2, 0) is 95.1 Å². The van der Waals surface area contributed by atoms with E-state index in [1.807, 2.05) is 48.5 Å². The van der Waals surface area contributed by atoms with Crippen LogP contribution in [0.25, 0.3) is 0 Å². The zero-order valence-electron chi connectivity index (χ0n) is 78.1. The number of benzene rings is 7. The summed E-state index contributed by atoms with van der Waals surface area (Å²) in [5.74, 6) is 2.47. The highest BCUT2D eigenvalue weighted by atomic mass is 35.5. The van der Waals surface area contributed by atoms with Crippen molar-refractivity contribution in [3.8, 4) is 11.5 Å². The van der Waals surface area contributed by atoms with Crippen molar-refractivity contribution in [2.75, 3.05) is 60.5 Å². The van der Waals surface area contributed by atoms with Crippen molar-refractivity contribution in [2.24, 2.45) is 0 Å². The van der Waals surface area contributed by atoms with E-state index < -0.39 is 75.3 Å². The Morgan fingerprint density at radius 3 is 0.979 bits per heavy atom. The molecule has 0 amide bonds. The van der Waals surface area contributed by atoms with Gasteiger partial charge in [0.25, 0.3) is 0 Å². The predicted octanol–water partition coefficient (Wildman–Crippen LogP) is 13.9. The van der Waals surface area contributed by atoms with Crippen LogP contribution in [0.15, 0.2) is 251 Å². The van der Waals surface area contributed by atoms with Crippen molar-refractivity contribution in [1.82, 2.24) is 69.8 Å². The van der Waals surface area contributed by atoms with Crippen LogP contribution >= 0.6 is 23.2 Å². The largest absolute Gasteiger partial charge is 0.496 e. The van der Waals surface area contributed by atoms with E-state index in [1.165, 1.54) is 146 Å². The van der Waals surface area contributed by atoms with E-state index in [0.29, 0.717) is 123 Å². The number of carbonyl (C=O) groups is 7. The summed E-state index contributed by atoms with van der Waals surface area (Å²) in [5.41, 5.74) is 10.5. The van der Waals surface area contributed by atoms with Crippen LogP contribution in [-0.4, -0.2) is 206 Å². The molecule has 0 bridgehead atoms. The lowest BCUT2D eigenvalue weighted by Crippen LogP contribution is -2.22. The Hall–Kier alpha value is -14.6. The van der Waals surface area contributed by atoms with E-state index in [4.69, 9.17) is 68.4 Å². The molecular weight excluding hydrogens is 1860 g/mol. The predicted molar refractivity (Wildman–Crippen MR) is 518 cm³/mol. The molecule has 0 unspecified atom stereocenters. The third kappa shape index (κ3) is 37.6. The first-order valence-corrected chi connectivity index (χ1v) is 44.9. The van der Waals surface area contributed by atoms with E-state index in [0.717, 1.165) is 60.6 Å². The minimum atomic E-state index is -4.39. The summed E-state index contributed by atoms with van der Waals surface area (Å²) in [7, 11) is 3.13. The van der Waals surface area contributed by atoms with E-state index in [-0.39, 0.29) is 63.9 Å². The van der Waals surface area contributed by atoms with Gasteiger partial charge in [0.1, 0.15) is 104 Å². The van der Waals surface area contributed by atoms with Crippen LogP contribution in [0.4, 0.5) is 17.6 Å². The fourth-order valence-corrected chi connectivity index (χ4v) is 13.7. The normalized spacial score (nSPS) is 10.7. The van der Waals surface area contributed by atoms with E-state index in [2.05, 4.69) is 152 Å². The lowest BCUT2D eigenvalue weighted by Gasteiger charge is -2.24. The smallest absolute Gasteiger partial charge is 0.416 e. The number of aliphatic hydroxyl groups is 7. The van der Waals surface area contributed by atoms with Gasteiger partial charge in [-0.15, -0.1) is 0 Å². The molecule has 7 aromatic heterocycles. The van der Waals surface area contributed by atoms with Gasteiger partial charge in [-0.2, -0.15) is 13.2 Å². The van der Waals surface area contributed by atoms with Crippen molar-refractivity contribution in [1.29, 1.82) is 0 Å². The molecule has 36 heteroatoms. The van der Waals surface area contributed by atoms with E-state index in [1.54, 1.807) is 37.4 Å². The fourth-order valence-electron chi connectivity index (χ4n) is 13.1. The zero-order chi connectivity index (χ0) is 102. The van der Waals surface area contributed by atoms with Gasteiger partial charge in [-0.25, -0.2) is 74.2 Å². The zero-order valence-corrected chi connectivity index (χ0v) is 79.7. The van der Waals surface area contributed by atoms with Crippen LogP contribution in [0, 0.1) is 19.7 Å². The number of ketones is 7. The molecule has 0 saturated heterocycles. The molecule has 0 spiro atoms. The van der Waals surface area contributed by atoms with Crippen LogP contribution in [0.5, 0.6) is 11.5 Å². The van der Waals surface area contributed by atoms with Gasteiger partial charge in [0.15, 0.2) is 40.5 Å². The highest BCUT2D eigenvalue weighted by Gasteiger charge is 2.33. The van der Waals surface area contributed by atoms with Crippen molar-refractivity contribution < 1.29 is 96.3 Å². The molecular formula is C105H106Cl2F4N14O16. The number of Topliss-reactive ketones (excluding diaryl/α,β-unsaturated/α-hetero) is 7. The second kappa shape index (κ2) is 58.3. The Balaban J connectivity index is 0.000000201. The second-order valence-electron chi connectivity index (χ2n) is 31.8. The number of aryl methyl sites for hydroxylation is 13. The van der Waals surface area contributed by atoms with E-state index >= 15 is 0 Å². The monoisotopic (exact) mass is 1960 g/mol. The molecule has 0 radical (unpaired) electrons. The standard InChI is InChI=1S/C16H18N2O2.C15H13F3N2O2.C15H15FN2O3.C15H16N2O3.2C15H16N2O2.C14H12Cl2N2O2/c1-16(2,13-6-4-3-5-7-13)8-15-17-9-12(10-18-15)14(20)11-19;16-15(17,18)12-4-2-1-3-10(12)5-6-14-19-7-11(8-20-14)13(22)9-21;1-21-14-6-12(16)4-2-10(14)3-5-15-17-7-11(8-18-15)13(20)9-19;1-20-14-5-3-2-4-11(14)6-7-15-16-8-12(9-17-15)13(19)10-18;1-11-2-4-12(5-3-11)6-7-15-16-8-13(9-17-15)14(19)10-18;1-11-3-2-4-12(7-11)5-6-15-16-8-13(9-17-15)14(19)10-18;15-11-2-1-3-12(16)10(11)4-5-14-17-6-9(7-18-14)13(20)8-19/h3-7,9-10,19H,8,11H2,1-2H3;1-4,7-8,21H,5-6,9H2;2,4,6-8,19H,3,5,9H2,1H3;2-5,8-9,18H,6-7,10H2,1H3;2-5,8-9,18H,6-7,10H2,1H3;2-4,7-9,18H,5-6,10H2,1H3;1-3,6-7,19H,4-5,8H2. The van der Waals surface area contributed by atoms with Crippen molar-refractivity contribution in [3.63, 3.8) is 0 Å². The molecule has 7 heterocycles. The number of carbonyl (C=O) groups excluding carboxylic acids is 7. The molecule has 0 aliphatic carbocycles. The molecule has 734 valence electrons. The molecule has 14 aromatic rings. The Labute approximate surface area is 821 Å². The van der Waals surface area contributed by atoms with Crippen molar-refractivity contribution in [3.05, 3.63) is 402 Å². The Kier molecular flexibility index (Phi) is 46.2. The molecule has 0 atom stereocenters. The van der Waals surface area contributed by atoms with Gasteiger partial charge < -0.3 is 45.2 Å². The minimum Gasteiger partial charge on any atom is -0.496 e. The number of rotatable bonds is 37. The summed E-state index contributed by atoms with van der Waals surface area (Å²) in [6.07, 6.45) is 23.4. The summed E-state index contributed by atoms with van der Waals surface area (Å²) < 4.78 is 62.1. The average Bonchev–Trinajstić information content (AvgIpc) is 1.04. The first kappa shape index (κ1) is 112. The maximum atomic E-state index is 13.1. The molecule has 14 rings (SSSR count). The van der Waals surface area contributed by atoms with Crippen molar-refractivity contribution in [2.45, 2.75) is 123 Å². The third-order valence-electron chi connectivity index (χ3n) is 21.1. The number of alkyl halides is 3. The number of nitrogens with zero attached hydrogens (tertiary/aromatic N) is 14. The maximum Gasteiger partial charge on any atom is 0.416 e. The van der Waals surface area contributed by atoms with Crippen LogP contribution < -0.4 is 9.47 Å². The van der Waals surface area contributed by atoms with Crippen LogP contribution in [0.3, 0.4) is 0 Å². The van der Waals surface area contributed by atoms with Gasteiger partial charge in [-0.1, -0.05) is 176 Å². The second-order valence-corrected chi connectivity index (χ2v) is 32.6. The third-order valence-corrected chi connectivity index (χ3v) is 21.8. The van der Waals surface area contributed by atoms with Gasteiger partial charge >= 0.3 is 6.18 Å². The minimum absolute atomic E-state index is 0.0796. The number of hydrogen-bond acceptors (Lipinski definition) is 30. The molecule has 30 nitrogen and oxygen atoms in total. The summed E-state index contributed by atoms with van der Waals surface area (Å²) in [4.78, 5) is 136. The highest BCUT2D eigenvalue weighted by Crippen LogP contribution is 2.33. The highest BCUT2D eigenvalue weighted by molar-refractivity contribution is 6.36. The van der Waals surface area contributed by atoms with Crippen LogP contribution in [0.2, 0.25) is 10.0 Å². The number of halogens is 6. The van der Waals surface area contributed by atoms with Crippen LogP contribution in [0.1, 0.15) is 183 Å². The number of para-hydroxylation sites is 1. The molecule has 7 aromatic carbocycles. The number of aliphatic hydroxyl groups excluding tert-OH is 7. The van der Waals surface area contributed by atoms with Gasteiger partial charge in [0.2, 0.25) is 0 Å². The molecule has 7 N–H and O–H groups in total. The maximum absolute atomic E-state index is 13.1. The first-order valence-electron chi connectivity index (χ1n) is 44.2. The van der Waals surface area contributed by atoms with Crippen molar-refractivity contribution >= 4 is 63.7 Å². The number of ether oxygens (including phenoxy) is 2. The molecule has 0 saturated carbocycles. The van der Waals surface area contributed by atoms with Gasteiger partial charge in [0, 0.05) is 148 Å². The molecule has 141 heavy (non-hydrogen) atoms. The van der Waals surface area contributed by atoms with Gasteiger partial charge in [-0.3, -0.25) is 33.6 Å². The summed E-state index contributed by atoms with van der Waals surface area (Å²) >= 11 is 12.2. The summed E-state index contributed by atoms with van der Waals surface area (Å²) in [6.45, 7) is 4.60. The molecule has 0 aliphatic rings. The van der Waals surface area contributed by atoms with Gasteiger partial charge in [0.05, 0.1) is 58.7 Å². The lowest BCUT2D eigenvalue weighted by atomic mass is 9.81. The average molecular weight is 1970 g/mol. The molecule has 0 fully saturated rings.